The molecule has 1 atom stereocenters. The summed E-state index contributed by atoms with van der Waals surface area (Å²) in [6.07, 6.45) is 0. The van der Waals surface area contributed by atoms with Gasteiger partial charge in [-0.2, -0.15) is 0 Å². The molecule has 0 radical (unpaired) electrons. The average molecular weight is 274 g/mol. The van der Waals surface area contributed by atoms with Crippen molar-refractivity contribution < 1.29 is 28.6 Å². The summed E-state index contributed by atoms with van der Waals surface area (Å²) < 4.78 is 26.0. The molecule has 0 saturated carbocycles. The number of benzene rings is 1. The summed E-state index contributed by atoms with van der Waals surface area (Å²) in [6, 6.07) is 0.391. The normalized spacial score (nSPS) is 11.7. The minimum Gasteiger partial charge on any atom is -0.480 e. The zero-order chi connectivity index (χ0) is 14.4. The number of hydrogen-bond acceptors (Lipinski definition) is 3. The van der Waals surface area contributed by atoms with Crippen molar-refractivity contribution in [3.05, 3.63) is 35.4 Å². The molecule has 19 heavy (non-hydrogen) atoms. The maximum absolute atomic E-state index is 13.2. The maximum Gasteiger partial charge on any atom is 0.328 e. The van der Waals surface area contributed by atoms with Crippen molar-refractivity contribution in [3.8, 4) is 0 Å². The van der Waals surface area contributed by atoms with Gasteiger partial charge in [0.25, 0.3) is 0 Å². The van der Waals surface area contributed by atoms with Crippen LogP contribution >= 0.6 is 0 Å². The topological polar surface area (TPSA) is 98.7 Å². The van der Waals surface area contributed by atoms with Crippen LogP contribution in [0.1, 0.15) is 5.56 Å². The van der Waals surface area contributed by atoms with Crippen LogP contribution in [0, 0.1) is 11.6 Å². The Labute approximate surface area is 107 Å². The van der Waals surface area contributed by atoms with E-state index >= 15 is 0 Å². The van der Waals surface area contributed by atoms with Gasteiger partial charge in [-0.05, 0) is 18.2 Å². The summed E-state index contributed by atoms with van der Waals surface area (Å²) in [6.45, 7) is -1.09. The quantitative estimate of drug-likeness (QED) is 0.617. The van der Waals surface area contributed by atoms with E-state index in [9.17, 15) is 18.4 Å². The van der Waals surface area contributed by atoms with Gasteiger partial charge >= 0.3 is 12.0 Å². The van der Waals surface area contributed by atoms with Gasteiger partial charge in [-0.15, -0.1) is 0 Å². The predicted octanol–water partition coefficient (Wildman–Crippen LogP) is 0.210. The van der Waals surface area contributed by atoms with Gasteiger partial charge in [-0.1, -0.05) is 0 Å². The van der Waals surface area contributed by atoms with Crippen molar-refractivity contribution in [1.82, 2.24) is 10.6 Å². The highest BCUT2D eigenvalue weighted by atomic mass is 19.1. The smallest absolute Gasteiger partial charge is 0.328 e. The number of aliphatic hydroxyl groups is 1. The zero-order valence-electron chi connectivity index (χ0n) is 9.69. The third-order valence-corrected chi connectivity index (χ3v) is 2.23. The molecule has 1 aromatic rings. The first-order chi connectivity index (χ1) is 8.93. The number of carbonyl (C=O) groups is 2. The van der Waals surface area contributed by atoms with Crippen LogP contribution < -0.4 is 10.6 Å². The minimum absolute atomic E-state index is 0.0778. The Hall–Kier alpha value is -2.22. The molecule has 1 unspecified atom stereocenters. The monoisotopic (exact) mass is 274 g/mol. The third-order valence-electron chi connectivity index (χ3n) is 2.23. The molecule has 0 bridgehead atoms. The van der Waals surface area contributed by atoms with Crippen LogP contribution in [0.5, 0.6) is 0 Å². The summed E-state index contributed by atoms with van der Waals surface area (Å²) in [4.78, 5) is 21.8. The van der Waals surface area contributed by atoms with E-state index in [0.29, 0.717) is 0 Å². The lowest BCUT2D eigenvalue weighted by Crippen LogP contribution is -2.47. The van der Waals surface area contributed by atoms with Crippen LogP contribution in [0.3, 0.4) is 0 Å². The first-order valence-electron chi connectivity index (χ1n) is 5.26. The Morgan fingerprint density at radius 1 is 1.32 bits per heavy atom. The molecule has 8 heteroatoms. The zero-order valence-corrected chi connectivity index (χ0v) is 9.69. The van der Waals surface area contributed by atoms with Crippen LogP contribution in [0.25, 0.3) is 0 Å². The highest BCUT2D eigenvalue weighted by molar-refractivity contribution is 5.82. The molecule has 1 aromatic carbocycles. The highest BCUT2D eigenvalue weighted by Crippen LogP contribution is 2.08. The molecular formula is C11H12F2N2O4. The van der Waals surface area contributed by atoms with Crippen molar-refractivity contribution in [1.29, 1.82) is 0 Å². The molecule has 0 heterocycles. The van der Waals surface area contributed by atoms with E-state index in [4.69, 9.17) is 10.2 Å². The van der Waals surface area contributed by atoms with E-state index in [1.165, 1.54) is 0 Å². The van der Waals surface area contributed by atoms with Crippen molar-refractivity contribution in [2.45, 2.75) is 12.6 Å². The number of carboxylic acid groups (broad SMARTS) is 1. The van der Waals surface area contributed by atoms with Gasteiger partial charge in [0.2, 0.25) is 0 Å². The Morgan fingerprint density at radius 3 is 2.58 bits per heavy atom. The van der Waals surface area contributed by atoms with Gasteiger partial charge in [0, 0.05) is 12.1 Å². The summed E-state index contributed by atoms with van der Waals surface area (Å²) >= 11 is 0. The number of amides is 2. The molecule has 4 N–H and O–H groups in total. The van der Waals surface area contributed by atoms with Crippen LogP contribution in [-0.2, 0) is 11.3 Å². The molecule has 0 aliphatic carbocycles. The molecule has 104 valence electrons. The summed E-state index contributed by atoms with van der Waals surface area (Å²) in [5.41, 5.74) is -0.0778. The number of carbonyl (C=O) groups excluding carboxylic acids is 1. The number of rotatable bonds is 5. The molecule has 0 aromatic heterocycles. The number of nitrogens with one attached hydrogen (secondary N) is 2. The van der Waals surface area contributed by atoms with Crippen LogP contribution in [0.15, 0.2) is 18.2 Å². The Balaban J connectivity index is 2.54. The van der Waals surface area contributed by atoms with E-state index in [-0.39, 0.29) is 12.1 Å². The van der Waals surface area contributed by atoms with E-state index in [2.05, 4.69) is 5.32 Å². The molecule has 1 rings (SSSR count). The van der Waals surface area contributed by atoms with Gasteiger partial charge in [0.05, 0.1) is 6.61 Å². The lowest BCUT2D eigenvalue weighted by molar-refractivity contribution is -0.140. The number of carboxylic acids is 1. The van der Waals surface area contributed by atoms with Crippen molar-refractivity contribution in [2.75, 3.05) is 6.61 Å². The van der Waals surface area contributed by atoms with E-state index in [1.807, 2.05) is 5.32 Å². The second kappa shape index (κ2) is 6.64. The number of halogens is 2. The first-order valence-corrected chi connectivity index (χ1v) is 5.26. The van der Waals surface area contributed by atoms with Crippen molar-refractivity contribution >= 4 is 12.0 Å². The summed E-state index contributed by atoms with van der Waals surface area (Å²) in [5, 5.41) is 21.4. The summed E-state index contributed by atoms with van der Waals surface area (Å²) in [7, 11) is 0. The SMILES string of the molecule is O=C(NCc1cc(F)ccc1F)NC(CO)C(=O)O. The number of urea groups is 1. The van der Waals surface area contributed by atoms with Crippen LogP contribution in [0.2, 0.25) is 0 Å². The molecule has 0 saturated heterocycles. The predicted molar refractivity (Wildman–Crippen MR) is 60.2 cm³/mol. The molecule has 6 nitrogen and oxygen atoms in total. The first kappa shape index (κ1) is 14.8. The largest absolute Gasteiger partial charge is 0.480 e. The lowest BCUT2D eigenvalue weighted by Gasteiger charge is -2.12. The average Bonchev–Trinajstić information content (AvgIpc) is 2.36. The number of aliphatic carboxylic acids is 1. The van der Waals surface area contributed by atoms with Crippen LogP contribution in [-0.4, -0.2) is 34.9 Å². The standard InChI is InChI=1S/C11H12F2N2O4/c12-7-1-2-8(13)6(3-7)4-14-11(19)15-9(5-16)10(17)18/h1-3,9,16H,4-5H2,(H,17,18)(H2,14,15,19). The molecule has 0 spiro atoms. The van der Waals surface area contributed by atoms with Crippen molar-refractivity contribution in [3.63, 3.8) is 0 Å². The Kier molecular flexibility index (Phi) is 5.19. The third kappa shape index (κ3) is 4.51. The molecular weight excluding hydrogens is 262 g/mol. The number of hydrogen-bond donors (Lipinski definition) is 4. The van der Waals surface area contributed by atoms with Crippen LogP contribution in [0.4, 0.5) is 13.6 Å². The number of aliphatic hydroxyl groups excluding tert-OH is 1. The minimum atomic E-state index is -1.46. The fraction of sp³-hybridized carbons (Fsp3) is 0.273. The molecule has 0 fully saturated rings. The maximum atomic E-state index is 13.2. The van der Waals surface area contributed by atoms with E-state index < -0.39 is 36.3 Å². The highest BCUT2D eigenvalue weighted by Gasteiger charge is 2.18. The molecule has 2 amide bonds. The van der Waals surface area contributed by atoms with E-state index in [1.54, 1.807) is 0 Å². The van der Waals surface area contributed by atoms with Gasteiger partial charge in [0.15, 0.2) is 6.04 Å². The van der Waals surface area contributed by atoms with E-state index in [0.717, 1.165) is 18.2 Å². The molecule has 0 aliphatic rings. The Bertz CT molecular complexity index is 482. The summed E-state index contributed by atoms with van der Waals surface area (Å²) in [5.74, 6) is -2.76. The second-order valence-corrected chi connectivity index (χ2v) is 3.64. The lowest BCUT2D eigenvalue weighted by atomic mass is 10.2. The van der Waals surface area contributed by atoms with Gasteiger partial charge < -0.3 is 20.8 Å². The fourth-order valence-electron chi connectivity index (χ4n) is 1.25. The Morgan fingerprint density at radius 2 is 2.00 bits per heavy atom. The van der Waals surface area contributed by atoms with Gasteiger partial charge in [-0.25, -0.2) is 18.4 Å². The second-order valence-electron chi connectivity index (χ2n) is 3.64. The molecule has 0 aliphatic heterocycles. The van der Waals surface area contributed by atoms with Gasteiger partial charge in [-0.3, -0.25) is 0 Å². The van der Waals surface area contributed by atoms with Crippen molar-refractivity contribution in [2.24, 2.45) is 0 Å². The van der Waals surface area contributed by atoms with Gasteiger partial charge in [0.1, 0.15) is 11.6 Å². The fourth-order valence-corrected chi connectivity index (χ4v) is 1.25.